The van der Waals surface area contributed by atoms with E-state index in [1.54, 1.807) is 0 Å². The maximum absolute atomic E-state index is 10.8. The van der Waals surface area contributed by atoms with Crippen molar-refractivity contribution in [1.29, 1.82) is 0 Å². The molecule has 1 aromatic rings. The lowest BCUT2D eigenvalue weighted by Crippen LogP contribution is -2.40. The SMILES string of the molecule is CC(C)(C)[Si](C)(C)OCc1[nH]c(=O)oc1O. The molecule has 1 aromatic heterocycles. The van der Waals surface area contributed by atoms with Gasteiger partial charge >= 0.3 is 11.7 Å². The first-order chi connectivity index (χ1) is 7.13. The van der Waals surface area contributed by atoms with E-state index >= 15 is 0 Å². The van der Waals surface area contributed by atoms with Crippen molar-refractivity contribution in [2.24, 2.45) is 0 Å². The smallest absolute Gasteiger partial charge is 0.419 e. The minimum absolute atomic E-state index is 0.0899. The maximum Gasteiger partial charge on any atom is 0.419 e. The van der Waals surface area contributed by atoms with Gasteiger partial charge in [0.2, 0.25) is 0 Å². The highest BCUT2D eigenvalue weighted by molar-refractivity contribution is 6.74. The largest absolute Gasteiger partial charge is 0.479 e. The third-order valence-electron chi connectivity index (χ3n) is 3.08. The predicted molar refractivity (Wildman–Crippen MR) is 63.0 cm³/mol. The van der Waals surface area contributed by atoms with Crippen molar-refractivity contribution in [2.75, 3.05) is 0 Å². The van der Waals surface area contributed by atoms with Crippen molar-refractivity contribution in [3.05, 3.63) is 16.2 Å². The lowest BCUT2D eigenvalue weighted by atomic mass is 10.2. The maximum atomic E-state index is 10.8. The van der Waals surface area contributed by atoms with E-state index < -0.39 is 14.1 Å². The molecule has 5 nitrogen and oxygen atoms in total. The molecule has 2 N–H and O–H groups in total. The molecule has 0 saturated heterocycles. The summed E-state index contributed by atoms with van der Waals surface area (Å²) < 4.78 is 10.3. The summed E-state index contributed by atoms with van der Waals surface area (Å²) >= 11 is 0. The number of aromatic hydroxyl groups is 1. The lowest BCUT2D eigenvalue weighted by Gasteiger charge is -2.35. The van der Waals surface area contributed by atoms with Crippen LogP contribution in [0.25, 0.3) is 0 Å². The first-order valence-corrected chi connectivity index (χ1v) is 8.09. The van der Waals surface area contributed by atoms with Crippen LogP contribution in [0.4, 0.5) is 0 Å². The molecule has 0 aliphatic rings. The quantitative estimate of drug-likeness (QED) is 0.800. The molecule has 0 unspecified atom stereocenters. The average molecular weight is 245 g/mol. The summed E-state index contributed by atoms with van der Waals surface area (Å²) in [5.74, 6) is -1.05. The van der Waals surface area contributed by atoms with Gasteiger partial charge in [-0.1, -0.05) is 20.8 Å². The summed E-state index contributed by atoms with van der Waals surface area (Å²) in [7, 11) is -1.88. The molecule has 0 spiro atoms. The zero-order valence-electron chi connectivity index (χ0n) is 10.4. The van der Waals surface area contributed by atoms with Gasteiger partial charge in [0.15, 0.2) is 8.32 Å². The molecule has 0 aliphatic heterocycles. The van der Waals surface area contributed by atoms with Gasteiger partial charge in [-0.15, -0.1) is 0 Å². The highest BCUT2D eigenvalue weighted by Gasteiger charge is 2.37. The minimum atomic E-state index is -1.88. The van der Waals surface area contributed by atoms with Gasteiger partial charge in [0.25, 0.3) is 0 Å². The predicted octanol–water partition coefficient (Wildman–Crippen LogP) is 2.20. The number of rotatable bonds is 3. The molecular weight excluding hydrogens is 226 g/mol. The van der Waals surface area contributed by atoms with Crippen LogP contribution < -0.4 is 5.76 Å². The fraction of sp³-hybridized carbons (Fsp3) is 0.700. The Labute approximate surface area is 95.6 Å². The fourth-order valence-corrected chi connectivity index (χ4v) is 1.86. The van der Waals surface area contributed by atoms with Crippen LogP contribution in [-0.2, 0) is 11.0 Å². The zero-order chi connectivity index (χ0) is 12.6. The van der Waals surface area contributed by atoms with Gasteiger partial charge in [0.05, 0.1) is 6.61 Å². The van der Waals surface area contributed by atoms with E-state index in [2.05, 4.69) is 43.3 Å². The monoisotopic (exact) mass is 245 g/mol. The Bertz CT molecular complexity index is 413. The molecule has 1 rings (SSSR count). The molecule has 0 radical (unpaired) electrons. The minimum Gasteiger partial charge on any atom is -0.479 e. The van der Waals surface area contributed by atoms with Crippen molar-refractivity contribution >= 4 is 8.32 Å². The number of hydrogen-bond donors (Lipinski definition) is 2. The summed E-state index contributed by atoms with van der Waals surface area (Å²) in [6, 6.07) is 0. The van der Waals surface area contributed by atoms with Crippen LogP contribution in [0.15, 0.2) is 9.21 Å². The highest BCUT2D eigenvalue weighted by atomic mass is 28.4. The number of aromatic amines is 1. The summed E-state index contributed by atoms with van der Waals surface area (Å²) in [5, 5.41) is 9.36. The van der Waals surface area contributed by atoms with Crippen LogP contribution in [0.1, 0.15) is 26.5 Å². The first-order valence-electron chi connectivity index (χ1n) is 5.18. The summed E-state index contributed by atoms with van der Waals surface area (Å²) in [6.07, 6.45) is 0. The van der Waals surface area contributed by atoms with E-state index in [1.807, 2.05) is 0 Å². The second kappa shape index (κ2) is 4.10. The van der Waals surface area contributed by atoms with Crippen molar-refractivity contribution in [3.8, 4) is 5.95 Å². The van der Waals surface area contributed by atoms with E-state index in [-0.39, 0.29) is 17.6 Å². The van der Waals surface area contributed by atoms with E-state index in [0.717, 1.165) is 0 Å². The van der Waals surface area contributed by atoms with Gasteiger partial charge in [-0.05, 0) is 18.1 Å². The van der Waals surface area contributed by atoms with Gasteiger partial charge < -0.3 is 13.9 Å². The third-order valence-corrected chi connectivity index (χ3v) is 7.56. The highest BCUT2D eigenvalue weighted by Crippen LogP contribution is 2.37. The Balaban J connectivity index is 2.72. The van der Waals surface area contributed by atoms with Crippen LogP contribution in [0.5, 0.6) is 5.95 Å². The molecule has 6 heteroatoms. The second-order valence-electron chi connectivity index (χ2n) is 5.35. The van der Waals surface area contributed by atoms with E-state index in [1.165, 1.54) is 0 Å². The normalized spacial score (nSPS) is 13.1. The third kappa shape index (κ3) is 2.76. The molecule has 0 saturated carbocycles. The van der Waals surface area contributed by atoms with Gasteiger partial charge in [-0.25, -0.2) is 4.79 Å². The molecule has 0 aromatic carbocycles. The Hall–Kier alpha value is -1.01. The van der Waals surface area contributed by atoms with Gasteiger partial charge in [0.1, 0.15) is 5.69 Å². The summed E-state index contributed by atoms with van der Waals surface area (Å²) in [6.45, 7) is 10.7. The fourth-order valence-electron chi connectivity index (χ4n) is 0.919. The average Bonchev–Trinajstić information content (AvgIpc) is 2.39. The van der Waals surface area contributed by atoms with Crippen molar-refractivity contribution < 1.29 is 13.9 Å². The molecule has 16 heavy (non-hydrogen) atoms. The van der Waals surface area contributed by atoms with Crippen molar-refractivity contribution in [1.82, 2.24) is 4.98 Å². The van der Waals surface area contributed by atoms with Crippen molar-refractivity contribution in [3.63, 3.8) is 0 Å². The first kappa shape index (κ1) is 13.1. The molecule has 0 fully saturated rings. The van der Waals surface area contributed by atoms with Crippen LogP contribution in [0.2, 0.25) is 18.1 Å². The number of H-pyrrole nitrogens is 1. The topological polar surface area (TPSA) is 75.5 Å². The van der Waals surface area contributed by atoms with E-state index in [0.29, 0.717) is 5.69 Å². The Morgan fingerprint density at radius 3 is 2.38 bits per heavy atom. The number of hydrogen-bond acceptors (Lipinski definition) is 4. The molecule has 92 valence electrons. The van der Waals surface area contributed by atoms with Crippen molar-refractivity contribution in [2.45, 2.75) is 45.5 Å². The summed E-state index contributed by atoms with van der Waals surface area (Å²) in [5.41, 5.74) is 0.301. The molecule has 1 heterocycles. The van der Waals surface area contributed by atoms with Crippen LogP contribution >= 0.6 is 0 Å². The molecule has 0 amide bonds. The second-order valence-corrected chi connectivity index (χ2v) is 10.2. The summed E-state index contributed by atoms with van der Waals surface area (Å²) in [4.78, 5) is 13.2. The molecule has 0 atom stereocenters. The zero-order valence-corrected chi connectivity index (χ0v) is 11.4. The van der Waals surface area contributed by atoms with Gasteiger partial charge in [-0.2, -0.15) is 0 Å². The lowest BCUT2D eigenvalue weighted by molar-refractivity contribution is 0.256. The van der Waals surface area contributed by atoms with E-state index in [4.69, 9.17) is 4.43 Å². The van der Waals surface area contributed by atoms with Gasteiger partial charge in [-0.3, -0.25) is 4.98 Å². The van der Waals surface area contributed by atoms with E-state index in [9.17, 15) is 9.90 Å². The molecule has 0 aliphatic carbocycles. The standard InChI is InChI=1S/C10H19NO4Si/c1-10(2,3)16(4,5)14-6-7-8(12)15-9(13)11-7/h12H,6H2,1-5H3,(H,11,13). The Morgan fingerprint density at radius 2 is 2.00 bits per heavy atom. The Morgan fingerprint density at radius 1 is 1.44 bits per heavy atom. The Kier molecular flexibility index (Phi) is 3.34. The molecular formula is C10H19NO4Si. The van der Waals surface area contributed by atoms with Gasteiger partial charge in [0, 0.05) is 0 Å². The van der Waals surface area contributed by atoms with Crippen LogP contribution in [0.3, 0.4) is 0 Å². The van der Waals surface area contributed by atoms with Crippen LogP contribution in [-0.4, -0.2) is 18.4 Å². The number of oxazole rings is 1. The van der Waals surface area contributed by atoms with Crippen LogP contribution in [0, 0.1) is 0 Å². The number of nitrogens with one attached hydrogen (secondary N) is 1. The molecule has 0 bridgehead atoms. The number of aromatic nitrogens is 1.